The maximum absolute atomic E-state index is 12.5. The maximum atomic E-state index is 12.5. The third-order valence-electron chi connectivity index (χ3n) is 4.76. The summed E-state index contributed by atoms with van der Waals surface area (Å²) < 4.78 is 9.99. The second-order valence-corrected chi connectivity index (χ2v) is 6.12. The van der Waals surface area contributed by atoms with Crippen LogP contribution < -0.4 is 10.2 Å². The third kappa shape index (κ3) is 3.40. The first-order valence-corrected chi connectivity index (χ1v) is 8.00. The molecule has 26 heavy (non-hydrogen) atoms. The lowest BCUT2D eigenvalue weighted by Crippen LogP contribution is -2.61. The van der Waals surface area contributed by atoms with E-state index in [9.17, 15) is 29.4 Å². The van der Waals surface area contributed by atoms with Crippen molar-refractivity contribution in [1.29, 1.82) is 0 Å². The lowest BCUT2D eigenvalue weighted by atomic mass is 9.53. The van der Waals surface area contributed by atoms with E-state index in [0.717, 1.165) is 0 Å². The van der Waals surface area contributed by atoms with Gasteiger partial charge in [0.15, 0.2) is 0 Å². The number of rotatable bonds is 8. The Hall–Kier alpha value is -2.90. The Kier molecular flexibility index (Phi) is 5.97. The fraction of sp³-hybridized carbons (Fsp3) is 0.444. The topological polar surface area (TPSA) is 133 Å². The van der Waals surface area contributed by atoms with Crippen molar-refractivity contribution in [2.75, 3.05) is 13.2 Å². The van der Waals surface area contributed by atoms with Gasteiger partial charge in [-0.15, -0.1) is 0 Å². The number of hydrogen-bond acceptors (Lipinski definition) is 8. The van der Waals surface area contributed by atoms with Crippen LogP contribution in [0, 0.1) is 35.5 Å². The van der Waals surface area contributed by atoms with Crippen LogP contribution in [0.2, 0.25) is 0 Å². The van der Waals surface area contributed by atoms with Gasteiger partial charge in [-0.1, -0.05) is 37.5 Å². The van der Waals surface area contributed by atoms with E-state index in [1.807, 2.05) is 0 Å². The molecule has 0 aromatic rings. The lowest BCUT2D eigenvalue weighted by molar-refractivity contribution is -0.333. The van der Waals surface area contributed by atoms with Gasteiger partial charge in [0.25, 0.3) is 0 Å². The van der Waals surface area contributed by atoms with Crippen molar-refractivity contribution in [2.45, 2.75) is 0 Å². The highest BCUT2D eigenvalue weighted by atomic mass is 16.5. The molecule has 2 bridgehead atoms. The Morgan fingerprint density at radius 2 is 1.12 bits per heavy atom. The quantitative estimate of drug-likeness (QED) is 0.366. The summed E-state index contributed by atoms with van der Waals surface area (Å²) in [6.07, 6.45) is 5.48. The van der Waals surface area contributed by atoms with Crippen LogP contribution in [0.25, 0.3) is 0 Å². The smallest absolute Gasteiger partial charge is 0.310 e. The monoisotopic (exact) mass is 362 g/mol. The summed E-state index contributed by atoms with van der Waals surface area (Å²) in [6.45, 7) is 6.56. The highest BCUT2D eigenvalue weighted by Gasteiger charge is 2.58. The summed E-state index contributed by atoms with van der Waals surface area (Å²) in [6, 6.07) is 0. The Bertz CT molecular complexity index is 608. The van der Waals surface area contributed by atoms with E-state index < -0.39 is 59.4 Å². The van der Waals surface area contributed by atoms with Gasteiger partial charge < -0.3 is 29.3 Å². The molecule has 0 amide bonds. The van der Waals surface area contributed by atoms with Crippen LogP contribution in [-0.2, 0) is 28.7 Å². The summed E-state index contributed by atoms with van der Waals surface area (Å²) in [4.78, 5) is 48.1. The van der Waals surface area contributed by atoms with Gasteiger partial charge in [0.1, 0.15) is 13.2 Å². The number of fused-ring (bicyclic) bond motifs is 2. The number of aliphatic carboxylic acids is 2. The number of carbonyl (C=O) groups excluding carboxylic acids is 4. The van der Waals surface area contributed by atoms with E-state index in [4.69, 9.17) is 9.47 Å². The van der Waals surface area contributed by atoms with E-state index in [2.05, 4.69) is 13.2 Å². The molecule has 0 aliphatic heterocycles. The number of carbonyl (C=O) groups is 4. The Balaban J connectivity index is 2.46. The summed E-state index contributed by atoms with van der Waals surface area (Å²) >= 11 is 0. The molecule has 1 saturated carbocycles. The Morgan fingerprint density at radius 3 is 1.38 bits per heavy atom. The molecule has 8 nitrogen and oxygen atoms in total. The van der Waals surface area contributed by atoms with E-state index in [1.54, 1.807) is 0 Å². The summed E-state index contributed by atoms with van der Waals surface area (Å²) in [5, 5.41) is 23.1. The zero-order valence-corrected chi connectivity index (χ0v) is 13.9. The predicted molar refractivity (Wildman–Crippen MR) is 82.4 cm³/mol. The largest absolute Gasteiger partial charge is 0.550 e. The molecule has 0 spiro atoms. The fourth-order valence-corrected chi connectivity index (χ4v) is 3.83. The normalized spacial score (nSPS) is 31.7. The molecule has 3 rings (SSSR count). The molecule has 8 heteroatoms. The van der Waals surface area contributed by atoms with E-state index in [-0.39, 0.29) is 13.2 Å². The summed E-state index contributed by atoms with van der Waals surface area (Å²) in [7, 11) is 0. The summed E-state index contributed by atoms with van der Waals surface area (Å²) in [5.74, 6) is -12.5. The molecule has 0 N–H and O–H groups in total. The van der Waals surface area contributed by atoms with Gasteiger partial charge in [0, 0.05) is 23.8 Å². The fourth-order valence-electron chi connectivity index (χ4n) is 3.83. The van der Waals surface area contributed by atoms with Crippen LogP contribution >= 0.6 is 0 Å². The minimum atomic E-state index is -1.63. The van der Waals surface area contributed by atoms with Gasteiger partial charge in [-0.2, -0.15) is 0 Å². The van der Waals surface area contributed by atoms with Gasteiger partial charge in [-0.3, -0.25) is 9.59 Å². The molecule has 0 radical (unpaired) electrons. The van der Waals surface area contributed by atoms with Gasteiger partial charge in [-0.05, 0) is 11.8 Å². The molecular weight excluding hydrogens is 344 g/mol. The number of ether oxygens (including phenoxy) is 2. The number of hydrogen-bond donors (Lipinski definition) is 0. The molecule has 3 aliphatic carbocycles. The molecule has 6 unspecified atom stereocenters. The SMILES string of the molecule is C=CCOC(=O)C1C2C=CC(C(C(=O)[O-])C2C(=O)[O-])C1C(=O)OCC=C. The highest BCUT2D eigenvalue weighted by molar-refractivity contribution is 5.88. The average molecular weight is 362 g/mol. The number of carboxylic acid groups (broad SMARTS) is 2. The molecule has 3 aliphatic rings. The van der Waals surface area contributed by atoms with Crippen molar-refractivity contribution in [3.63, 3.8) is 0 Å². The van der Waals surface area contributed by atoms with Crippen molar-refractivity contribution in [2.24, 2.45) is 35.5 Å². The summed E-state index contributed by atoms with van der Waals surface area (Å²) in [5.41, 5.74) is 0. The molecule has 0 saturated heterocycles. The predicted octanol–water partition coefficient (Wildman–Crippen LogP) is -1.77. The second kappa shape index (κ2) is 7.99. The van der Waals surface area contributed by atoms with Crippen molar-refractivity contribution >= 4 is 23.9 Å². The standard InChI is InChI=1S/C18H20O8/c1-3-7-25-17(23)13-9-5-6-10(14(13)18(24)26-8-4-2)12(16(21)22)11(9)15(19)20/h3-6,9-14H,1-2,7-8H2,(H,19,20)(H,21,22)/p-2. The highest BCUT2D eigenvalue weighted by Crippen LogP contribution is 2.52. The van der Waals surface area contributed by atoms with E-state index >= 15 is 0 Å². The Labute approximate surface area is 149 Å². The van der Waals surface area contributed by atoms with Gasteiger partial charge >= 0.3 is 11.9 Å². The lowest BCUT2D eigenvalue weighted by Gasteiger charge is -2.52. The average Bonchev–Trinajstić information content (AvgIpc) is 2.62. The first-order chi connectivity index (χ1) is 12.3. The van der Waals surface area contributed by atoms with Gasteiger partial charge in [-0.25, -0.2) is 0 Å². The van der Waals surface area contributed by atoms with Crippen LogP contribution in [0.3, 0.4) is 0 Å². The minimum absolute atomic E-state index is 0.134. The van der Waals surface area contributed by atoms with Crippen LogP contribution in [-0.4, -0.2) is 37.1 Å². The molecule has 1 fully saturated rings. The first kappa shape index (κ1) is 19.4. The first-order valence-electron chi connectivity index (χ1n) is 8.00. The van der Waals surface area contributed by atoms with Crippen molar-refractivity contribution in [1.82, 2.24) is 0 Å². The van der Waals surface area contributed by atoms with Crippen LogP contribution in [0.4, 0.5) is 0 Å². The van der Waals surface area contributed by atoms with E-state index in [1.165, 1.54) is 24.3 Å². The molecule has 0 aromatic heterocycles. The van der Waals surface area contributed by atoms with Crippen molar-refractivity contribution in [3.05, 3.63) is 37.5 Å². The zero-order chi connectivity index (χ0) is 19.4. The number of esters is 2. The van der Waals surface area contributed by atoms with Gasteiger partial charge in [0.2, 0.25) is 0 Å². The third-order valence-corrected chi connectivity index (χ3v) is 4.76. The van der Waals surface area contributed by atoms with Gasteiger partial charge in [0.05, 0.1) is 11.8 Å². The number of carboxylic acids is 2. The van der Waals surface area contributed by atoms with Crippen molar-refractivity contribution in [3.8, 4) is 0 Å². The molecule has 140 valence electrons. The molecular formula is C18H18O8-2. The molecule has 0 aromatic carbocycles. The second-order valence-electron chi connectivity index (χ2n) is 6.12. The van der Waals surface area contributed by atoms with Crippen LogP contribution in [0.15, 0.2) is 37.5 Å². The maximum Gasteiger partial charge on any atom is 0.310 e. The van der Waals surface area contributed by atoms with E-state index in [0.29, 0.717) is 0 Å². The Morgan fingerprint density at radius 1 is 0.769 bits per heavy atom. The molecule has 0 heterocycles. The zero-order valence-electron chi connectivity index (χ0n) is 13.9. The van der Waals surface area contributed by atoms with Crippen LogP contribution in [0.1, 0.15) is 0 Å². The number of allylic oxidation sites excluding steroid dienone is 2. The van der Waals surface area contributed by atoms with Crippen LogP contribution in [0.5, 0.6) is 0 Å². The minimum Gasteiger partial charge on any atom is -0.550 e. The van der Waals surface area contributed by atoms with Crippen molar-refractivity contribution < 1.29 is 38.9 Å². The molecule has 6 atom stereocenters.